The molecule has 5 atom stereocenters. The second kappa shape index (κ2) is 10.8. The van der Waals surface area contributed by atoms with Crippen molar-refractivity contribution in [2.75, 3.05) is 11.9 Å². The van der Waals surface area contributed by atoms with E-state index in [1.807, 2.05) is 6.08 Å². The quantitative estimate of drug-likeness (QED) is 0.290. The molecule has 2 spiro atoms. The first-order chi connectivity index (χ1) is 20.4. The van der Waals surface area contributed by atoms with Gasteiger partial charge < -0.3 is 21.1 Å². The number of rotatable bonds is 5. The van der Waals surface area contributed by atoms with Gasteiger partial charge in [0.15, 0.2) is 11.0 Å². The van der Waals surface area contributed by atoms with E-state index in [0.29, 0.717) is 54.8 Å². The van der Waals surface area contributed by atoms with Crippen molar-refractivity contribution in [3.63, 3.8) is 0 Å². The summed E-state index contributed by atoms with van der Waals surface area (Å²) in [5, 5.41) is 9.77. The Morgan fingerprint density at radius 1 is 1.21 bits per heavy atom. The third-order valence-corrected chi connectivity index (χ3v) is 10.7. The van der Waals surface area contributed by atoms with Gasteiger partial charge in [-0.05, 0) is 73.3 Å². The van der Waals surface area contributed by atoms with E-state index in [2.05, 4.69) is 34.4 Å². The van der Waals surface area contributed by atoms with Crippen molar-refractivity contribution in [3.05, 3.63) is 70.2 Å². The van der Waals surface area contributed by atoms with E-state index < -0.39 is 52.7 Å². The Morgan fingerprint density at radius 3 is 2.60 bits per heavy atom. The Kier molecular flexibility index (Phi) is 7.56. The molecule has 3 fully saturated rings. The predicted molar refractivity (Wildman–Crippen MR) is 160 cm³/mol. The van der Waals surface area contributed by atoms with E-state index in [1.165, 1.54) is 12.3 Å². The normalized spacial score (nSPS) is 35.0. The first kappa shape index (κ1) is 30.0. The van der Waals surface area contributed by atoms with Crippen molar-refractivity contribution in [2.45, 2.75) is 80.5 Å². The molecule has 1 aliphatic carbocycles. The maximum absolute atomic E-state index is 16.0. The van der Waals surface area contributed by atoms with E-state index >= 15 is 4.39 Å². The molecule has 1 aromatic carbocycles. The van der Waals surface area contributed by atoms with Crippen LogP contribution in [-0.2, 0) is 24.5 Å². The maximum atomic E-state index is 16.0. The number of fused-ring (bicyclic) bond motifs is 3. The van der Waals surface area contributed by atoms with Gasteiger partial charge in [0.2, 0.25) is 17.7 Å². The topological polar surface area (TPSA) is 135 Å². The fourth-order valence-corrected chi connectivity index (χ4v) is 8.14. The van der Waals surface area contributed by atoms with Gasteiger partial charge in [0.1, 0.15) is 11.5 Å². The van der Waals surface area contributed by atoms with Crippen molar-refractivity contribution >= 4 is 46.6 Å². The van der Waals surface area contributed by atoms with Crippen LogP contribution in [0.1, 0.15) is 62.5 Å². The van der Waals surface area contributed by atoms with E-state index in [4.69, 9.17) is 33.7 Å². The number of halogens is 3. The average Bonchev–Trinajstić information content (AvgIpc) is 3.44. The largest absolute Gasteiger partial charge is 0.367 e. The van der Waals surface area contributed by atoms with Crippen LogP contribution in [0.2, 0.25) is 10.2 Å². The second-order valence-corrected chi connectivity index (χ2v) is 13.3. The predicted octanol–water partition coefficient (Wildman–Crippen LogP) is 4.13. The van der Waals surface area contributed by atoms with E-state index in [0.717, 1.165) is 0 Å². The molecule has 5 N–H and O–H groups in total. The minimum Gasteiger partial charge on any atom is -0.367 e. The van der Waals surface area contributed by atoms with Gasteiger partial charge in [-0.15, -0.1) is 6.58 Å². The molecule has 0 radical (unpaired) electrons. The molecule has 9 nitrogen and oxygen atoms in total. The molecule has 1 aromatic heterocycles. The van der Waals surface area contributed by atoms with Crippen LogP contribution in [0.4, 0.5) is 10.1 Å². The summed E-state index contributed by atoms with van der Waals surface area (Å²) >= 11 is 12.6. The fourth-order valence-electron chi connectivity index (χ4n) is 7.81. The highest BCUT2D eigenvalue weighted by atomic mass is 35.5. The van der Waals surface area contributed by atoms with Crippen LogP contribution < -0.4 is 21.7 Å². The molecule has 0 bridgehead atoms. The Hall–Kier alpha value is -3.05. The van der Waals surface area contributed by atoms with Gasteiger partial charge in [0, 0.05) is 28.4 Å². The number of nitrogens with one attached hydrogen (secondary N) is 3. The van der Waals surface area contributed by atoms with E-state index in [9.17, 15) is 14.4 Å². The van der Waals surface area contributed by atoms with Crippen LogP contribution in [0.3, 0.4) is 0 Å². The smallest absolute Gasteiger partial charge is 0.246 e. The van der Waals surface area contributed by atoms with E-state index in [1.54, 1.807) is 18.2 Å². The highest BCUT2D eigenvalue weighted by Gasteiger charge is 2.73. The molecule has 4 aliphatic rings. The summed E-state index contributed by atoms with van der Waals surface area (Å²) < 4.78 is 21.6. The van der Waals surface area contributed by atoms with Crippen molar-refractivity contribution in [1.29, 1.82) is 0 Å². The number of allylic oxidation sites excluding steroid dienone is 1. The van der Waals surface area contributed by atoms with Crippen LogP contribution in [0, 0.1) is 11.2 Å². The number of hydrogen-bond donors (Lipinski definition) is 4. The van der Waals surface area contributed by atoms with Crippen molar-refractivity contribution in [3.8, 4) is 0 Å². The number of ether oxygens (including phenoxy) is 1. The Morgan fingerprint density at radius 2 is 1.95 bits per heavy atom. The zero-order chi connectivity index (χ0) is 30.7. The Balaban J connectivity index is 1.49. The molecule has 228 valence electrons. The standard InChI is InChI=1S/C31H34Cl2FN5O4/c1-3-29(2)9-11-30(12-10-29)31(19-6-4-16(32)14-20(19)38-28(31)42)22(18-8-13-36-25(33)23(18)34)24(39-30)27(41)37-17-5-7-21(26(35)40)43-15-17/h3-4,6,8,13-14,17,21-22,24,39H,1,5,7,9-12,15H2,2H3,(H2,35,40)(H,37,41)(H,38,42)/t17-,21+,22+,24-,29?,30?,31-/m1/s1. The average molecular weight is 631 g/mol. The number of amides is 3. The molecular formula is C31H34Cl2FN5O4. The summed E-state index contributed by atoms with van der Waals surface area (Å²) in [6.45, 7) is 6.27. The Labute approximate surface area is 259 Å². The zero-order valence-corrected chi connectivity index (χ0v) is 25.2. The molecule has 0 unspecified atom stereocenters. The summed E-state index contributed by atoms with van der Waals surface area (Å²) in [6, 6.07) is 5.26. The molecule has 12 heteroatoms. The number of benzene rings is 1. The van der Waals surface area contributed by atoms with Gasteiger partial charge in [-0.25, -0.2) is 9.37 Å². The van der Waals surface area contributed by atoms with Crippen LogP contribution >= 0.6 is 23.2 Å². The lowest BCUT2D eigenvalue weighted by Crippen LogP contribution is -2.61. The lowest BCUT2D eigenvalue weighted by molar-refractivity contribution is -0.134. The number of carbonyl (C=O) groups is 3. The molecule has 3 aliphatic heterocycles. The van der Waals surface area contributed by atoms with Gasteiger partial charge in [0.25, 0.3) is 0 Å². The third kappa shape index (κ3) is 4.65. The van der Waals surface area contributed by atoms with Gasteiger partial charge in [-0.3, -0.25) is 19.7 Å². The highest BCUT2D eigenvalue weighted by Crippen LogP contribution is 2.64. The number of carbonyl (C=O) groups excluding carboxylic acids is 3. The monoisotopic (exact) mass is 629 g/mol. The van der Waals surface area contributed by atoms with Crippen LogP contribution in [-0.4, -0.2) is 53.0 Å². The maximum Gasteiger partial charge on any atom is 0.246 e. The number of hydrogen-bond acceptors (Lipinski definition) is 6. The molecular weight excluding hydrogens is 596 g/mol. The molecule has 1 saturated carbocycles. The van der Waals surface area contributed by atoms with Gasteiger partial charge in [-0.2, -0.15) is 0 Å². The lowest BCUT2D eigenvalue weighted by Gasteiger charge is -2.50. The fraction of sp³-hybridized carbons (Fsp3) is 0.484. The molecule has 3 amide bonds. The molecule has 2 aromatic rings. The molecule has 6 rings (SSSR count). The number of nitrogens with two attached hydrogens (primary N) is 1. The van der Waals surface area contributed by atoms with Crippen LogP contribution in [0.25, 0.3) is 0 Å². The zero-order valence-electron chi connectivity index (χ0n) is 23.7. The SMILES string of the molecule is C=CC1(C)CCC2(CC1)N[C@@H](C(=O)N[C@@H]1CC[C@@H](C(N)=O)OC1)[C@H](c1ccnc(Cl)c1F)[C@]21C(=O)Nc2cc(Cl)ccc21. The number of nitrogens with zero attached hydrogens (tertiary/aromatic N) is 1. The van der Waals surface area contributed by atoms with Gasteiger partial charge >= 0.3 is 0 Å². The highest BCUT2D eigenvalue weighted by molar-refractivity contribution is 6.31. The minimum absolute atomic E-state index is 0.0992. The van der Waals surface area contributed by atoms with E-state index in [-0.39, 0.29) is 28.6 Å². The van der Waals surface area contributed by atoms with Crippen molar-refractivity contribution in [2.24, 2.45) is 11.1 Å². The molecule has 2 saturated heterocycles. The third-order valence-electron chi connectivity index (χ3n) is 10.2. The minimum atomic E-state index is -1.39. The number of anilines is 1. The number of primary amides is 1. The van der Waals surface area contributed by atoms with Crippen molar-refractivity contribution < 1.29 is 23.5 Å². The van der Waals surface area contributed by atoms with Crippen molar-refractivity contribution in [1.82, 2.24) is 15.6 Å². The summed E-state index contributed by atoms with van der Waals surface area (Å²) in [5.74, 6) is -3.07. The summed E-state index contributed by atoms with van der Waals surface area (Å²) in [6.07, 6.45) is 5.91. The van der Waals surface area contributed by atoms with Gasteiger partial charge in [0.05, 0.1) is 18.7 Å². The second-order valence-electron chi connectivity index (χ2n) is 12.5. The summed E-state index contributed by atoms with van der Waals surface area (Å²) in [4.78, 5) is 44.3. The first-order valence-corrected chi connectivity index (χ1v) is 15.2. The molecule has 43 heavy (non-hydrogen) atoms. The Bertz CT molecular complexity index is 1500. The lowest BCUT2D eigenvalue weighted by atomic mass is 9.53. The summed E-state index contributed by atoms with van der Waals surface area (Å²) in [7, 11) is 0. The van der Waals surface area contributed by atoms with Gasteiger partial charge in [-0.1, -0.05) is 42.3 Å². The molecule has 4 heterocycles. The summed E-state index contributed by atoms with van der Waals surface area (Å²) in [5.41, 5.74) is 4.22. The number of aromatic nitrogens is 1. The first-order valence-electron chi connectivity index (χ1n) is 14.5. The number of pyridine rings is 1. The van der Waals surface area contributed by atoms with Crippen LogP contribution in [0.5, 0.6) is 0 Å². The van der Waals surface area contributed by atoms with Crippen LogP contribution in [0.15, 0.2) is 43.1 Å².